The second-order valence-corrected chi connectivity index (χ2v) is 10.0. The normalized spacial score (nSPS) is 12.7. The zero-order valence-corrected chi connectivity index (χ0v) is 17.3. The van der Waals surface area contributed by atoms with Gasteiger partial charge in [0.05, 0.1) is 13.2 Å². The highest BCUT2D eigenvalue weighted by molar-refractivity contribution is 8.05. The second kappa shape index (κ2) is 15.8. The Morgan fingerprint density at radius 1 is 0.480 bits per heavy atom. The Hall–Kier alpha value is 0.810. The van der Waals surface area contributed by atoms with Crippen LogP contribution in [0.4, 0.5) is 0 Å². The maximum absolute atomic E-state index is 9.41. The van der Waals surface area contributed by atoms with E-state index in [0.29, 0.717) is 48.7 Å². The molecular formula is C16H34O6S3. The molecule has 6 nitrogen and oxygen atoms in total. The molecule has 25 heavy (non-hydrogen) atoms. The molecule has 152 valence electrons. The zero-order valence-electron chi connectivity index (χ0n) is 14.8. The van der Waals surface area contributed by atoms with E-state index in [1.807, 2.05) is 0 Å². The summed E-state index contributed by atoms with van der Waals surface area (Å²) in [6, 6.07) is 0. The van der Waals surface area contributed by atoms with Crippen molar-refractivity contribution in [3.63, 3.8) is 0 Å². The predicted octanol–water partition coefficient (Wildman–Crippen LogP) is 0.178. The molecule has 0 saturated heterocycles. The minimum atomic E-state index is -0.303. The van der Waals surface area contributed by atoms with E-state index in [-0.39, 0.29) is 49.1 Å². The number of hydrogen-bond acceptors (Lipinski definition) is 9. The molecule has 0 atom stereocenters. The lowest BCUT2D eigenvalue weighted by Gasteiger charge is -2.36. The largest absolute Gasteiger partial charge is 0.396 e. The lowest BCUT2D eigenvalue weighted by molar-refractivity contribution is 0.236. The van der Waals surface area contributed by atoms with E-state index >= 15 is 0 Å². The van der Waals surface area contributed by atoms with Gasteiger partial charge in [-0.05, 0) is 25.7 Å². The Morgan fingerprint density at radius 2 is 0.800 bits per heavy atom. The van der Waals surface area contributed by atoms with Gasteiger partial charge in [0.2, 0.25) is 0 Å². The van der Waals surface area contributed by atoms with Crippen LogP contribution in [0.1, 0.15) is 25.7 Å². The highest BCUT2D eigenvalue weighted by atomic mass is 32.2. The molecule has 0 fully saturated rings. The molecule has 0 radical (unpaired) electrons. The van der Waals surface area contributed by atoms with Gasteiger partial charge in [0, 0.05) is 58.9 Å². The molecule has 9 heteroatoms. The minimum Gasteiger partial charge on any atom is -0.396 e. The quantitative estimate of drug-likeness (QED) is 0.185. The van der Waals surface area contributed by atoms with E-state index in [1.165, 1.54) is 0 Å². The lowest BCUT2D eigenvalue weighted by Crippen LogP contribution is -2.35. The first-order valence-corrected chi connectivity index (χ1v) is 11.7. The SMILES string of the molecule is OCCSC(CCO)(CCO)CSCC(CCO)(CCO)SCCO. The van der Waals surface area contributed by atoms with Crippen molar-refractivity contribution < 1.29 is 30.6 Å². The summed E-state index contributed by atoms with van der Waals surface area (Å²) in [6.07, 6.45) is 2.17. The van der Waals surface area contributed by atoms with Crippen LogP contribution in [0.5, 0.6) is 0 Å². The van der Waals surface area contributed by atoms with Crippen LogP contribution in [-0.2, 0) is 0 Å². The summed E-state index contributed by atoms with van der Waals surface area (Å²) in [6.45, 7) is 0.208. The number of aliphatic hydroxyl groups excluding tert-OH is 6. The topological polar surface area (TPSA) is 121 Å². The summed E-state index contributed by atoms with van der Waals surface area (Å²) in [7, 11) is 0. The van der Waals surface area contributed by atoms with Gasteiger partial charge in [0.25, 0.3) is 0 Å². The zero-order chi connectivity index (χ0) is 19.0. The highest BCUT2D eigenvalue weighted by Gasteiger charge is 2.33. The summed E-state index contributed by atoms with van der Waals surface area (Å²) in [5.74, 6) is 2.52. The molecule has 0 rings (SSSR count). The van der Waals surface area contributed by atoms with Crippen molar-refractivity contribution in [3.05, 3.63) is 0 Å². The van der Waals surface area contributed by atoms with Gasteiger partial charge in [0.15, 0.2) is 0 Å². The summed E-state index contributed by atoms with van der Waals surface area (Å²) in [5.41, 5.74) is 0. The average molecular weight is 419 g/mol. The molecule has 0 aliphatic carbocycles. The van der Waals surface area contributed by atoms with Crippen molar-refractivity contribution in [1.29, 1.82) is 0 Å². The average Bonchev–Trinajstić information content (AvgIpc) is 2.59. The van der Waals surface area contributed by atoms with Crippen LogP contribution >= 0.6 is 35.3 Å². The molecule has 6 N–H and O–H groups in total. The van der Waals surface area contributed by atoms with Gasteiger partial charge in [-0.15, -0.1) is 0 Å². The number of hydrogen-bond donors (Lipinski definition) is 6. The van der Waals surface area contributed by atoms with Crippen LogP contribution in [0, 0.1) is 0 Å². The van der Waals surface area contributed by atoms with Crippen LogP contribution in [0.25, 0.3) is 0 Å². The second-order valence-electron chi connectivity index (χ2n) is 5.90. The van der Waals surface area contributed by atoms with Gasteiger partial charge in [-0.2, -0.15) is 35.3 Å². The Kier molecular flexibility index (Phi) is 16.3. The Morgan fingerprint density at radius 3 is 1.04 bits per heavy atom. The minimum absolute atomic E-state index is 0.0245. The maximum atomic E-state index is 9.41. The first kappa shape index (κ1) is 25.8. The van der Waals surface area contributed by atoms with Crippen molar-refractivity contribution in [2.24, 2.45) is 0 Å². The van der Waals surface area contributed by atoms with Crippen LogP contribution in [0.15, 0.2) is 0 Å². The summed E-state index contributed by atoms with van der Waals surface area (Å²) >= 11 is 4.83. The molecular weight excluding hydrogens is 384 g/mol. The van der Waals surface area contributed by atoms with E-state index in [9.17, 15) is 20.4 Å². The molecule has 0 unspecified atom stereocenters. The standard InChI is InChI=1S/C16H34O6S3/c17-5-1-15(2-6-18,24-11-9-21)13-23-14-16(3-7-19,4-8-20)25-12-10-22/h17-22H,1-14H2. The molecule has 0 aliphatic heterocycles. The molecule has 0 heterocycles. The lowest BCUT2D eigenvalue weighted by atomic mass is 10.0. The Labute approximate surface area is 163 Å². The van der Waals surface area contributed by atoms with E-state index in [4.69, 9.17) is 10.2 Å². The third-order valence-corrected chi connectivity index (χ3v) is 8.98. The molecule has 0 bridgehead atoms. The maximum Gasteiger partial charge on any atom is 0.0521 e. The Bertz CT molecular complexity index is 270. The van der Waals surface area contributed by atoms with Crippen LogP contribution in [-0.4, -0.2) is 103 Å². The summed E-state index contributed by atoms with van der Waals surface area (Å²) in [5, 5.41) is 55.9. The molecule has 0 saturated carbocycles. The van der Waals surface area contributed by atoms with Gasteiger partial charge in [0.1, 0.15) is 0 Å². The highest BCUT2D eigenvalue weighted by Crippen LogP contribution is 2.40. The van der Waals surface area contributed by atoms with Crippen molar-refractivity contribution in [2.45, 2.75) is 35.2 Å². The number of rotatable bonds is 18. The first-order chi connectivity index (χ1) is 12.1. The molecule has 0 aromatic rings. The smallest absolute Gasteiger partial charge is 0.0521 e. The van der Waals surface area contributed by atoms with Gasteiger partial charge in [-0.3, -0.25) is 0 Å². The molecule has 0 aromatic heterocycles. The van der Waals surface area contributed by atoms with E-state index in [2.05, 4.69) is 0 Å². The predicted molar refractivity (Wildman–Crippen MR) is 109 cm³/mol. The Balaban J connectivity index is 4.93. The summed E-state index contributed by atoms with van der Waals surface area (Å²) < 4.78 is -0.606. The van der Waals surface area contributed by atoms with Crippen molar-refractivity contribution in [3.8, 4) is 0 Å². The fourth-order valence-corrected chi connectivity index (χ4v) is 7.25. The van der Waals surface area contributed by atoms with Crippen LogP contribution in [0.3, 0.4) is 0 Å². The molecule has 0 aromatic carbocycles. The number of aliphatic hydroxyl groups is 6. The fraction of sp³-hybridized carbons (Fsp3) is 1.00. The first-order valence-electron chi connectivity index (χ1n) is 8.58. The van der Waals surface area contributed by atoms with Gasteiger partial charge >= 0.3 is 0 Å². The van der Waals surface area contributed by atoms with Crippen molar-refractivity contribution in [1.82, 2.24) is 0 Å². The van der Waals surface area contributed by atoms with E-state index in [1.54, 1.807) is 35.3 Å². The van der Waals surface area contributed by atoms with Crippen molar-refractivity contribution >= 4 is 35.3 Å². The van der Waals surface area contributed by atoms with Crippen LogP contribution < -0.4 is 0 Å². The van der Waals surface area contributed by atoms with Gasteiger partial charge < -0.3 is 30.6 Å². The van der Waals surface area contributed by atoms with E-state index < -0.39 is 0 Å². The third kappa shape index (κ3) is 10.7. The monoisotopic (exact) mass is 418 g/mol. The van der Waals surface area contributed by atoms with Crippen molar-refractivity contribution in [2.75, 3.05) is 62.7 Å². The van der Waals surface area contributed by atoms with E-state index in [0.717, 1.165) is 0 Å². The van der Waals surface area contributed by atoms with Crippen LogP contribution in [0.2, 0.25) is 0 Å². The van der Waals surface area contributed by atoms with Gasteiger partial charge in [-0.25, -0.2) is 0 Å². The van der Waals surface area contributed by atoms with Gasteiger partial charge in [-0.1, -0.05) is 0 Å². The number of thioether (sulfide) groups is 3. The fourth-order valence-electron chi connectivity index (χ4n) is 2.67. The molecule has 0 spiro atoms. The summed E-state index contributed by atoms with van der Waals surface area (Å²) in [4.78, 5) is 0. The third-order valence-electron chi connectivity index (χ3n) is 4.00. The molecule has 0 amide bonds. The molecule has 0 aliphatic rings.